The maximum Gasteiger partial charge on any atom is -0.0129 e. The van der Waals surface area contributed by atoms with Gasteiger partial charge in [0.15, 0.2) is 0 Å². The van der Waals surface area contributed by atoms with E-state index >= 15 is 0 Å². The monoisotopic (exact) mass is 244 g/mol. The Morgan fingerprint density at radius 2 is 1.00 bits per heavy atom. The van der Waals surface area contributed by atoms with Gasteiger partial charge in [-0.3, -0.25) is 0 Å². The molecule has 0 amide bonds. The second-order valence-electron chi connectivity index (χ2n) is 7.87. The summed E-state index contributed by atoms with van der Waals surface area (Å²) in [6.45, 7) is 14.0. The van der Waals surface area contributed by atoms with Crippen LogP contribution in [-0.2, 0) is 23.7 Å². The minimum atomic E-state index is 0.245. The van der Waals surface area contributed by atoms with Crippen molar-refractivity contribution in [3.63, 3.8) is 0 Å². The highest BCUT2D eigenvalue weighted by Gasteiger charge is 2.27. The highest BCUT2D eigenvalue weighted by molar-refractivity contribution is 5.45. The summed E-state index contributed by atoms with van der Waals surface area (Å²) in [5.41, 5.74) is 6.81. The van der Waals surface area contributed by atoms with E-state index in [0.29, 0.717) is 0 Å². The molecule has 0 unspecified atom stereocenters. The molecule has 0 N–H and O–H groups in total. The summed E-state index contributed by atoms with van der Waals surface area (Å²) < 4.78 is 0. The molecule has 2 rings (SSSR count). The summed E-state index contributed by atoms with van der Waals surface area (Å²) in [6.07, 6.45) is 5.29. The van der Waals surface area contributed by atoms with E-state index in [0.717, 1.165) is 0 Å². The van der Waals surface area contributed by atoms with Crippen molar-refractivity contribution >= 4 is 0 Å². The minimum absolute atomic E-state index is 0.245. The number of benzene rings is 1. The van der Waals surface area contributed by atoms with Crippen molar-refractivity contribution in [3.8, 4) is 0 Å². The van der Waals surface area contributed by atoms with E-state index in [1.54, 1.807) is 22.3 Å². The molecular formula is C18H28. The van der Waals surface area contributed by atoms with Gasteiger partial charge < -0.3 is 0 Å². The molecule has 0 heteroatoms. The van der Waals surface area contributed by atoms with Crippen molar-refractivity contribution < 1.29 is 0 Å². The Bertz CT molecular complexity index is 395. The number of hydrogen-bond acceptors (Lipinski definition) is 0. The smallest absolute Gasteiger partial charge is 0.0129 e. The van der Waals surface area contributed by atoms with E-state index in [4.69, 9.17) is 0 Å². The van der Waals surface area contributed by atoms with Gasteiger partial charge in [-0.1, -0.05) is 53.7 Å². The lowest BCUT2D eigenvalue weighted by Crippen LogP contribution is -2.23. The second-order valence-corrected chi connectivity index (χ2v) is 7.87. The molecule has 0 fully saturated rings. The van der Waals surface area contributed by atoms with Gasteiger partial charge in [0, 0.05) is 0 Å². The molecule has 0 heterocycles. The lowest BCUT2D eigenvalue weighted by Gasteiger charge is -2.32. The Labute approximate surface area is 113 Å². The van der Waals surface area contributed by atoms with Gasteiger partial charge in [-0.25, -0.2) is 0 Å². The van der Waals surface area contributed by atoms with Crippen LogP contribution >= 0.6 is 0 Å². The summed E-state index contributed by atoms with van der Waals surface area (Å²) in [6, 6.07) is 5.02. The second kappa shape index (κ2) is 4.40. The highest BCUT2D eigenvalue weighted by atomic mass is 14.3. The summed E-state index contributed by atoms with van der Waals surface area (Å²) in [4.78, 5) is 0. The zero-order valence-electron chi connectivity index (χ0n) is 13.0. The molecule has 1 aromatic rings. The SMILES string of the molecule is CC(C)(C)c1cc2c(cc1C(C)(C)C)CCCC2. The van der Waals surface area contributed by atoms with Crippen LogP contribution < -0.4 is 0 Å². The quantitative estimate of drug-likeness (QED) is 0.591. The van der Waals surface area contributed by atoms with Crippen LogP contribution in [-0.4, -0.2) is 0 Å². The third-order valence-electron chi connectivity index (χ3n) is 4.10. The summed E-state index contributed by atoms with van der Waals surface area (Å²) in [7, 11) is 0. The van der Waals surface area contributed by atoms with E-state index in [2.05, 4.69) is 53.7 Å². The summed E-state index contributed by atoms with van der Waals surface area (Å²) in [5, 5.41) is 0. The fourth-order valence-electron chi connectivity index (χ4n) is 3.03. The molecule has 0 radical (unpaired) electrons. The van der Waals surface area contributed by atoms with Crippen molar-refractivity contribution in [2.45, 2.75) is 78.1 Å². The topological polar surface area (TPSA) is 0 Å². The molecule has 1 aromatic carbocycles. The average Bonchev–Trinajstić information content (AvgIpc) is 2.25. The lowest BCUT2D eigenvalue weighted by atomic mass is 9.72. The van der Waals surface area contributed by atoms with Crippen LogP contribution in [0, 0.1) is 0 Å². The molecule has 1 aliphatic rings. The van der Waals surface area contributed by atoms with Crippen molar-refractivity contribution in [1.82, 2.24) is 0 Å². The normalized spacial score (nSPS) is 16.6. The van der Waals surface area contributed by atoms with Crippen LogP contribution in [0.2, 0.25) is 0 Å². The third-order valence-corrected chi connectivity index (χ3v) is 4.10. The number of hydrogen-bond donors (Lipinski definition) is 0. The first-order valence-electron chi connectivity index (χ1n) is 7.36. The largest absolute Gasteiger partial charge is 0.0561 e. The van der Waals surface area contributed by atoms with Crippen LogP contribution in [0.4, 0.5) is 0 Å². The summed E-state index contributed by atoms with van der Waals surface area (Å²) in [5.74, 6) is 0. The van der Waals surface area contributed by atoms with Gasteiger partial charge in [0.25, 0.3) is 0 Å². The van der Waals surface area contributed by atoms with Crippen molar-refractivity contribution in [2.24, 2.45) is 0 Å². The van der Waals surface area contributed by atoms with Crippen LogP contribution in [0.25, 0.3) is 0 Å². The van der Waals surface area contributed by atoms with E-state index in [9.17, 15) is 0 Å². The molecule has 0 aromatic heterocycles. The molecule has 0 spiro atoms. The van der Waals surface area contributed by atoms with E-state index in [1.165, 1.54) is 25.7 Å². The zero-order valence-corrected chi connectivity index (χ0v) is 13.0. The molecular weight excluding hydrogens is 216 g/mol. The fraction of sp³-hybridized carbons (Fsp3) is 0.667. The number of aryl methyl sites for hydroxylation is 2. The standard InChI is InChI=1S/C18H28/c1-17(2,3)15-11-13-9-7-8-10-14(13)12-16(15)18(4,5)6/h11-12H,7-10H2,1-6H3. The maximum absolute atomic E-state index is 2.51. The van der Waals surface area contributed by atoms with Gasteiger partial charge in [0.1, 0.15) is 0 Å². The predicted molar refractivity (Wildman–Crippen MR) is 80.5 cm³/mol. The highest BCUT2D eigenvalue weighted by Crippen LogP contribution is 2.37. The van der Waals surface area contributed by atoms with Crippen molar-refractivity contribution in [1.29, 1.82) is 0 Å². The van der Waals surface area contributed by atoms with E-state index in [-0.39, 0.29) is 10.8 Å². The number of fused-ring (bicyclic) bond motifs is 1. The fourth-order valence-corrected chi connectivity index (χ4v) is 3.03. The Balaban J connectivity index is 2.63. The van der Waals surface area contributed by atoms with Gasteiger partial charge in [0.2, 0.25) is 0 Å². The van der Waals surface area contributed by atoms with Gasteiger partial charge in [-0.15, -0.1) is 0 Å². The number of rotatable bonds is 0. The van der Waals surface area contributed by atoms with Crippen LogP contribution in [0.3, 0.4) is 0 Å². The molecule has 1 aliphatic carbocycles. The maximum atomic E-state index is 2.51. The Morgan fingerprint density at radius 1 is 0.667 bits per heavy atom. The molecule has 0 saturated heterocycles. The summed E-state index contributed by atoms with van der Waals surface area (Å²) >= 11 is 0. The first kappa shape index (κ1) is 13.6. The Hall–Kier alpha value is -0.780. The Morgan fingerprint density at radius 3 is 1.28 bits per heavy atom. The first-order valence-corrected chi connectivity index (χ1v) is 7.36. The van der Waals surface area contributed by atoms with Crippen LogP contribution in [0.15, 0.2) is 12.1 Å². The van der Waals surface area contributed by atoms with E-state index in [1.807, 2.05) is 0 Å². The molecule has 0 aliphatic heterocycles. The molecule has 100 valence electrons. The minimum Gasteiger partial charge on any atom is -0.0561 e. The van der Waals surface area contributed by atoms with Gasteiger partial charge in [0.05, 0.1) is 0 Å². The predicted octanol–water partition coefficient (Wildman–Crippen LogP) is 5.16. The zero-order chi connectivity index (χ0) is 13.6. The Kier molecular flexibility index (Phi) is 3.34. The van der Waals surface area contributed by atoms with Gasteiger partial charge >= 0.3 is 0 Å². The molecule has 0 nitrogen and oxygen atoms in total. The third kappa shape index (κ3) is 2.63. The first-order chi connectivity index (χ1) is 8.19. The van der Waals surface area contributed by atoms with Gasteiger partial charge in [-0.2, -0.15) is 0 Å². The molecule has 0 bridgehead atoms. The van der Waals surface area contributed by atoms with Crippen LogP contribution in [0.1, 0.15) is 76.6 Å². The van der Waals surface area contributed by atoms with Crippen molar-refractivity contribution in [2.75, 3.05) is 0 Å². The van der Waals surface area contributed by atoms with E-state index < -0.39 is 0 Å². The van der Waals surface area contributed by atoms with Gasteiger partial charge in [-0.05, 0) is 58.8 Å². The van der Waals surface area contributed by atoms with Crippen molar-refractivity contribution in [3.05, 3.63) is 34.4 Å². The lowest BCUT2D eigenvalue weighted by molar-refractivity contribution is 0.526. The molecule has 0 atom stereocenters. The average molecular weight is 244 g/mol. The molecule has 18 heavy (non-hydrogen) atoms. The molecule has 0 saturated carbocycles. The van der Waals surface area contributed by atoms with Crippen LogP contribution in [0.5, 0.6) is 0 Å².